The number of carboxylic acids is 2. The largest absolute Gasteiger partial charge is 0.481 e. The Hall–Kier alpha value is -2.40. The van der Waals surface area contributed by atoms with Gasteiger partial charge in [-0.2, -0.15) is 0 Å². The van der Waals surface area contributed by atoms with Crippen LogP contribution in [0.25, 0.3) is 10.8 Å². The summed E-state index contributed by atoms with van der Waals surface area (Å²) in [5, 5.41) is 21.4. The fourth-order valence-corrected chi connectivity index (χ4v) is 4.05. The second-order valence-electron chi connectivity index (χ2n) is 6.29. The van der Waals surface area contributed by atoms with Crippen LogP contribution in [0.4, 0.5) is 0 Å². The molecule has 0 aliphatic heterocycles. The second-order valence-corrected chi connectivity index (χ2v) is 7.08. The van der Waals surface area contributed by atoms with Crippen LogP contribution >= 0.6 is 15.9 Å². The van der Waals surface area contributed by atoms with E-state index in [9.17, 15) is 19.8 Å². The Morgan fingerprint density at radius 2 is 1.88 bits per heavy atom. The third-order valence-corrected chi connectivity index (χ3v) is 5.92. The van der Waals surface area contributed by atoms with E-state index in [1.165, 1.54) is 12.2 Å². The Labute approximate surface area is 153 Å². The molecule has 1 aliphatic carbocycles. The highest BCUT2D eigenvalue weighted by Crippen LogP contribution is 2.43. The van der Waals surface area contributed by atoms with Crippen molar-refractivity contribution in [3.8, 4) is 0 Å². The van der Waals surface area contributed by atoms with Gasteiger partial charge in [0.05, 0.1) is 5.41 Å². The standard InChI is InChI=1S/C20H17BrO4/c1-12-15(18(22)23)7-4-10-20(12,19(24)25)11-14-9-8-13-5-2-3-6-16(13)17(14)21/h2-10,12H,11H2,1H3,(H,22,23)(H,24,25). The average Bonchev–Trinajstić information content (AvgIpc) is 2.59. The van der Waals surface area contributed by atoms with E-state index < -0.39 is 23.3 Å². The quantitative estimate of drug-likeness (QED) is 0.795. The lowest BCUT2D eigenvalue weighted by Gasteiger charge is -2.35. The summed E-state index contributed by atoms with van der Waals surface area (Å²) < 4.78 is 0.846. The van der Waals surface area contributed by atoms with Crippen LogP contribution < -0.4 is 0 Å². The molecule has 0 spiro atoms. The summed E-state index contributed by atoms with van der Waals surface area (Å²) in [4.78, 5) is 23.6. The van der Waals surface area contributed by atoms with Crippen LogP contribution in [-0.2, 0) is 16.0 Å². The van der Waals surface area contributed by atoms with Gasteiger partial charge in [0, 0.05) is 16.0 Å². The van der Waals surface area contributed by atoms with Gasteiger partial charge in [-0.25, -0.2) is 4.79 Å². The molecule has 0 saturated heterocycles. The fourth-order valence-electron chi connectivity index (χ4n) is 3.42. The summed E-state index contributed by atoms with van der Waals surface area (Å²) >= 11 is 3.60. The van der Waals surface area contributed by atoms with Crippen LogP contribution in [-0.4, -0.2) is 22.2 Å². The number of carbonyl (C=O) groups is 2. The van der Waals surface area contributed by atoms with Crippen molar-refractivity contribution in [2.45, 2.75) is 13.3 Å². The number of allylic oxidation sites excluding steroid dienone is 2. The molecule has 5 heteroatoms. The van der Waals surface area contributed by atoms with E-state index in [4.69, 9.17) is 0 Å². The average molecular weight is 401 g/mol. The first-order valence-electron chi connectivity index (χ1n) is 7.89. The van der Waals surface area contributed by atoms with Gasteiger partial charge in [0.2, 0.25) is 0 Å². The molecule has 4 nitrogen and oxygen atoms in total. The number of fused-ring (bicyclic) bond motifs is 1. The lowest BCUT2D eigenvalue weighted by atomic mass is 9.66. The summed E-state index contributed by atoms with van der Waals surface area (Å²) in [7, 11) is 0. The highest BCUT2D eigenvalue weighted by Gasteiger charge is 2.46. The highest BCUT2D eigenvalue weighted by atomic mass is 79.9. The molecule has 2 aromatic carbocycles. The predicted molar refractivity (Wildman–Crippen MR) is 99.4 cm³/mol. The second kappa shape index (κ2) is 6.48. The Bertz CT molecular complexity index is 928. The van der Waals surface area contributed by atoms with Gasteiger partial charge in [0.15, 0.2) is 0 Å². The van der Waals surface area contributed by atoms with Gasteiger partial charge in [0.25, 0.3) is 0 Å². The number of halogens is 1. The molecule has 25 heavy (non-hydrogen) atoms. The van der Waals surface area contributed by atoms with Crippen molar-refractivity contribution in [3.05, 3.63) is 70.2 Å². The maximum atomic E-state index is 12.1. The first-order valence-corrected chi connectivity index (χ1v) is 8.68. The molecular weight excluding hydrogens is 384 g/mol. The van der Waals surface area contributed by atoms with Crippen LogP contribution in [0.1, 0.15) is 12.5 Å². The Kier molecular flexibility index (Phi) is 4.52. The van der Waals surface area contributed by atoms with E-state index in [1.807, 2.05) is 36.4 Å². The van der Waals surface area contributed by atoms with E-state index in [-0.39, 0.29) is 12.0 Å². The Balaban J connectivity index is 2.09. The van der Waals surface area contributed by atoms with Crippen LogP contribution in [0.2, 0.25) is 0 Å². The van der Waals surface area contributed by atoms with Gasteiger partial charge >= 0.3 is 11.9 Å². The number of aliphatic carboxylic acids is 2. The first-order chi connectivity index (χ1) is 11.9. The van der Waals surface area contributed by atoms with Gasteiger partial charge in [-0.05, 0) is 38.7 Å². The van der Waals surface area contributed by atoms with E-state index >= 15 is 0 Å². The number of hydrogen-bond acceptors (Lipinski definition) is 2. The predicted octanol–water partition coefficient (Wildman–Crippen LogP) is 4.43. The molecule has 0 heterocycles. The van der Waals surface area contributed by atoms with Crippen LogP contribution in [0, 0.1) is 11.3 Å². The molecule has 3 rings (SSSR count). The topological polar surface area (TPSA) is 74.6 Å². The number of rotatable bonds is 4. The molecule has 2 N–H and O–H groups in total. The molecule has 0 aromatic heterocycles. The lowest BCUT2D eigenvalue weighted by Crippen LogP contribution is -2.41. The minimum atomic E-state index is -1.30. The van der Waals surface area contributed by atoms with Crippen LogP contribution in [0.15, 0.2) is 64.7 Å². The molecular formula is C20H17BrO4. The number of carboxylic acid groups (broad SMARTS) is 2. The van der Waals surface area contributed by atoms with E-state index in [2.05, 4.69) is 15.9 Å². The third-order valence-electron chi connectivity index (χ3n) is 4.98. The van der Waals surface area contributed by atoms with E-state index in [0.29, 0.717) is 0 Å². The third kappa shape index (κ3) is 2.89. The minimum absolute atomic E-state index is 0.113. The molecule has 2 unspecified atom stereocenters. The summed E-state index contributed by atoms with van der Waals surface area (Å²) in [5.74, 6) is -2.76. The number of benzene rings is 2. The lowest BCUT2D eigenvalue weighted by molar-refractivity contribution is -0.148. The zero-order valence-corrected chi connectivity index (χ0v) is 15.2. The van der Waals surface area contributed by atoms with Gasteiger partial charge < -0.3 is 10.2 Å². The van der Waals surface area contributed by atoms with Crippen LogP contribution in [0.3, 0.4) is 0 Å². The molecule has 128 valence electrons. The van der Waals surface area contributed by atoms with E-state index in [0.717, 1.165) is 20.8 Å². The molecule has 1 aliphatic rings. The number of hydrogen-bond donors (Lipinski definition) is 2. The summed E-state index contributed by atoms with van der Waals surface area (Å²) in [6, 6.07) is 11.7. The molecule has 0 bridgehead atoms. The first kappa shape index (κ1) is 17.4. The molecule has 0 amide bonds. The molecule has 0 fully saturated rings. The Morgan fingerprint density at radius 3 is 2.56 bits per heavy atom. The molecule has 2 aromatic rings. The Morgan fingerprint density at radius 1 is 1.16 bits per heavy atom. The van der Waals surface area contributed by atoms with Crippen molar-refractivity contribution in [2.75, 3.05) is 0 Å². The monoisotopic (exact) mass is 400 g/mol. The van der Waals surface area contributed by atoms with Crippen molar-refractivity contribution in [1.82, 2.24) is 0 Å². The maximum Gasteiger partial charge on any atom is 0.331 e. The summed E-state index contributed by atoms with van der Waals surface area (Å²) in [6.45, 7) is 1.66. The van der Waals surface area contributed by atoms with Crippen molar-refractivity contribution >= 4 is 38.6 Å². The molecule has 0 saturated carbocycles. The van der Waals surface area contributed by atoms with E-state index in [1.54, 1.807) is 13.0 Å². The summed E-state index contributed by atoms with van der Waals surface area (Å²) in [6.07, 6.45) is 4.82. The van der Waals surface area contributed by atoms with Gasteiger partial charge in [0.1, 0.15) is 0 Å². The fraction of sp³-hybridized carbons (Fsp3) is 0.200. The smallest absolute Gasteiger partial charge is 0.331 e. The van der Waals surface area contributed by atoms with Gasteiger partial charge in [-0.15, -0.1) is 0 Å². The van der Waals surface area contributed by atoms with Crippen molar-refractivity contribution in [3.63, 3.8) is 0 Å². The SMILES string of the molecule is CC1C(C(=O)O)=CC=CC1(Cc1ccc2ccccc2c1Br)C(=O)O. The minimum Gasteiger partial charge on any atom is -0.481 e. The van der Waals surface area contributed by atoms with Crippen LogP contribution in [0.5, 0.6) is 0 Å². The van der Waals surface area contributed by atoms with Crippen molar-refractivity contribution < 1.29 is 19.8 Å². The van der Waals surface area contributed by atoms with Crippen molar-refractivity contribution in [1.29, 1.82) is 0 Å². The highest BCUT2D eigenvalue weighted by molar-refractivity contribution is 9.10. The van der Waals surface area contributed by atoms with Gasteiger partial charge in [-0.1, -0.05) is 61.5 Å². The maximum absolute atomic E-state index is 12.1. The molecule has 2 atom stereocenters. The normalized spacial score (nSPS) is 22.6. The zero-order valence-electron chi connectivity index (χ0n) is 13.6. The zero-order chi connectivity index (χ0) is 18.2. The van der Waals surface area contributed by atoms with Crippen molar-refractivity contribution in [2.24, 2.45) is 11.3 Å². The van der Waals surface area contributed by atoms with Gasteiger partial charge in [-0.3, -0.25) is 4.79 Å². The molecule has 0 radical (unpaired) electrons. The summed E-state index contributed by atoms with van der Waals surface area (Å²) in [5.41, 5.74) is -0.348.